The minimum Gasteiger partial charge on any atom is -0.356 e. The molecule has 1 atom stereocenters. The molecule has 2 N–H and O–H groups in total. The highest BCUT2D eigenvalue weighted by Gasteiger charge is 2.29. The lowest BCUT2D eigenvalue weighted by atomic mass is 10.1. The van der Waals surface area contributed by atoms with E-state index in [4.69, 9.17) is 11.6 Å². The molecule has 0 aliphatic carbocycles. The van der Waals surface area contributed by atoms with Crippen molar-refractivity contribution in [1.29, 1.82) is 0 Å². The van der Waals surface area contributed by atoms with Gasteiger partial charge in [-0.2, -0.15) is 0 Å². The van der Waals surface area contributed by atoms with Gasteiger partial charge in [-0.1, -0.05) is 60.1 Å². The van der Waals surface area contributed by atoms with Crippen LogP contribution < -0.4 is 10.6 Å². The Morgan fingerprint density at radius 3 is 2.59 bits per heavy atom. The van der Waals surface area contributed by atoms with Gasteiger partial charge in [0.05, 0.1) is 0 Å². The van der Waals surface area contributed by atoms with Crippen LogP contribution in [0.25, 0.3) is 0 Å². The molecule has 2 aromatic carbocycles. The van der Waals surface area contributed by atoms with Gasteiger partial charge in [0.1, 0.15) is 0 Å². The quantitative estimate of drug-likeness (QED) is 0.329. The van der Waals surface area contributed by atoms with Crippen molar-refractivity contribution in [3.05, 3.63) is 70.7 Å². The molecular weight excluding hydrogens is 499 g/mol. The lowest BCUT2D eigenvalue weighted by Crippen LogP contribution is -2.40. The minimum absolute atomic E-state index is 0. The van der Waals surface area contributed by atoms with Crippen LogP contribution in [0.3, 0.4) is 0 Å². The van der Waals surface area contributed by atoms with E-state index >= 15 is 0 Å². The first-order chi connectivity index (χ1) is 13.7. The molecule has 0 bridgehead atoms. The summed E-state index contributed by atoms with van der Waals surface area (Å²) in [6.45, 7) is 2.89. The highest BCUT2D eigenvalue weighted by atomic mass is 127. The first-order valence-corrected chi connectivity index (χ1v) is 10.0. The number of carbonyl (C=O) groups excluding carboxylic acids is 1. The highest BCUT2D eigenvalue weighted by Crippen LogP contribution is 2.18. The van der Waals surface area contributed by atoms with Crippen LogP contribution in [0.5, 0.6) is 0 Å². The first kappa shape index (κ1) is 23.5. The van der Waals surface area contributed by atoms with Crippen LogP contribution in [-0.2, 0) is 17.8 Å². The predicted molar refractivity (Wildman–Crippen MR) is 130 cm³/mol. The van der Waals surface area contributed by atoms with Gasteiger partial charge >= 0.3 is 0 Å². The summed E-state index contributed by atoms with van der Waals surface area (Å²) in [6.07, 6.45) is 1.48. The van der Waals surface area contributed by atoms with Gasteiger partial charge in [-0.15, -0.1) is 24.0 Å². The van der Waals surface area contributed by atoms with Crippen molar-refractivity contribution < 1.29 is 4.79 Å². The van der Waals surface area contributed by atoms with E-state index in [1.54, 1.807) is 7.05 Å². The van der Waals surface area contributed by atoms with Crippen molar-refractivity contribution in [3.63, 3.8) is 0 Å². The van der Waals surface area contributed by atoms with E-state index in [2.05, 4.69) is 27.8 Å². The maximum Gasteiger partial charge on any atom is 0.223 e. The molecule has 29 heavy (non-hydrogen) atoms. The molecule has 1 amide bonds. The number of hydrogen-bond acceptors (Lipinski definition) is 2. The summed E-state index contributed by atoms with van der Waals surface area (Å²) in [5, 5.41) is 7.35. The second-order valence-corrected chi connectivity index (χ2v) is 7.45. The monoisotopic (exact) mass is 526 g/mol. The van der Waals surface area contributed by atoms with Crippen LogP contribution in [0.1, 0.15) is 17.5 Å². The Bertz CT molecular complexity index is 815. The number of rotatable bonds is 7. The third-order valence-corrected chi connectivity index (χ3v) is 5.36. The van der Waals surface area contributed by atoms with E-state index in [0.29, 0.717) is 18.9 Å². The summed E-state index contributed by atoms with van der Waals surface area (Å²) in [7, 11) is 1.74. The molecule has 0 spiro atoms. The number of hydrogen-bond donors (Lipinski definition) is 2. The summed E-state index contributed by atoms with van der Waals surface area (Å²) < 4.78 is 0. The van der Waals surface area contributed by atoms with Crippen molar-refractivity contribution in [1.82, 2.24) is 15.5 Å². The summed E-state index contributed by atoms with van der Waals surface area (Å²) in [4.78, 5) is 18.5. The minimum atomic E-state index is 0. The lowest BCUT2D eigenvalue weighted by Gasteiger charge is -2.18. The van der Waals surface area contributed by atoms with Crippen LogP contribution in [0.4, 0.5) is 0 Å². The average molecular weight is 527 g/mol. The number of nitrogens with one attached hydrogen (secondary N) is 2. The smallest absolute Gasteiger partial charge is 0.223 e. The predicted octanol–water partition coefficient (Wildman–Crippen LogP) is 3.71. The summed E-state index contributed by atoms with van der Waals surface area (Å²) in [5.74, 6) is 1.25. The molecular formula is C22H28ClIN4O. The zero-order valence-corrected chi connectivity index (χ0v) is 19.7. The third kappa shape index (κ3) is 7.19. The third-order valence-electron chi connectivity index (χ3n) is 4.99. The second kappa shape index (κ2) is 12.0. The molecule has 1 saturated heterocycles. The largest absolute Gasteiger partial charge is 0.356 e. The Labute approximate surface area is 194 Å². The van der Waals surface area contributed by atoms with E-state index in [9.17, 15) is 4.79 Å². The standard InChI is InChI=1S/C22H27ClN4O.HI/c1-24-22(26-15-19-9-5-6-10-20(19)23)25-14-18-13-21(28)27(16-18)12-11-17-7-3-2-4-8-17;/h2-10,18H,11-16H2,1H3,(H2,24,25,26);1H. The molecule has 1 unspecified atom stereocenters. The fourth-order valence-electron chi connectivity index (χ4n) is 3.40. The van der Waals surface area contributed by atoms with Gasteiger partial charge in [0.2, 0.25) is 5.91 Å². The van der Waals surface area contributed by atoms with E-state index in [-0.39, 0.29) is 29.9 Å². The number of nitrogens with zero attached hydrogens (tertiary/aromatic N) is 2. The maximum atomic E-state index is 12.3. The highest BCUT2D eigenvalue weighted by molar-refractivity contribution is 14.0. The number of benzene rings is 2. The summed E-state index contributed by atoms with van der Waals surface area (Å²) in [6, 6.07) is 18.0. The Hall–Kier alpha value is -1.80. The van der Waals surface area contributed by atoms with Gasteiger partial charge in [-0.05, 0) is 23.6 Å². The fraction of sp³-hybridized carbons (Fsp3) is 0.364. The Kier molecular flexibility index (Phi) is 9.73. The number of likely N-dealkylation sites (tertiary alicyclic amines) is 1. The van der Waals surface area contributed by atoms with Crippen LogP contribution in [-0.4, -0.2) is 43.4 Å². The lowest BCUT2D eigenvalue weighted by molar-refractivity contribution is -0.127. The van der Waals surface area contributed by atoms with Crippen molar-refractivity contribution in [3.8, 4) is 0 Å². The number of amides is 1. The average Bonchev–Trinajstić information content (AvgIpc) is 3.08. The van der Waals surface area contributed by atoms with E-state index in [1.165, 1.54) is 5.56 Å². The normalized spacial score (nSPS) is 16.5. The van der Waals surface area contributed by atoms with Crippen molar-refractivity contribution in [2.24, 2.45) is 10.9 Å². The first-order valence-electron chi connectivity index (χ1n) is 9.65. The molecule has 5 nitrogen and oxygen atoms in total. The Morgan fingerprint density at radius 1 is 1.14 bits per heavy atom. The molecule has 156 valence electrons. The summed E-state index contributed by atoms with van der Waals surface area (Å²) >= 11 is 6.19. The van der Waals surface area contributed by atoms with Crippen molar-refractivity contribution in [2.75, 3.05) is 26.7 Å². The molecule has 1 fully saturated rings. The topological polar surface area (TPSA) is 56.7 Å². The molecule has 3 rings (SSSR count). The molecule has 2 aromatic rings. The maximum absolute atomic E-state index is 12.3. The number of guanidine groups is 1. The van der Waals surface area contributed by atoms with Gasteiger partial charge in [0.15, 0.2) is 5.96 Å². The van der Waals surface area contributed by atoms with Gasteiger partial charge < -0.3 is 15.5 Å². The zero-order chi connectivity index (χ0) is 19.8. The van der Waals surface area contributed by atoms with Crippen molar-refractivity contribution in [2.45, 2.75) is 19.4 Å². The van der Waals surface area contributed by atoms with Gasteiger partial charge in [0.25, 0.3) is 0 Å². The molecule has 0 radical (unpaired) electrons. The molecule has 1 aliphatic heterocycles. The van der Waals surface area contributed by atoms with E-state index in [0.717, 1.165) is 42.6 Å². The SMILES string of the molecule is CN=C(NCc1ccccc1Cl)NCC1CC(=O)N(CCc2ccccc2)C1.I. The molecule has 0 saturated carbocycles. The number of halogens is 2. The summed E-state index contributed by atoms with van der Waals surface area (Å²) in [5.41, 5.74) is 2.29. The second-order valence-electron chi connectivity index (χ2n) is 7.04. The van der Waals surface area contributed by atoms with Crippen LogP contribution >= 0.6 is 35.6 Å². The van der Waals surface area contributed by atoms with Gasteiger partial charge in [-0.3, -0.25) is 9.79 Å². The number of aliphatic imine (C=N–C) groups is 1. The van der Waals surface area contributed by atoms with Crippen LogP contribution in [0.15, 0.2) is 59.6 Å². The van der Waals surface area contributed by atoms with E-state index < -0.39 is 0 Å². The molecule has 0 aromatic heterocycles. The van der Waals surface area contributed by atoms with Gasteiger partial charge in [0, 0.05) is 50.6 Å². The Morgan fingerprint density at radius 2 is 1.86 bits per heavy atom. The number of carbonyl (C=O) groups is 1. The molecule has 7 heteroatoms. The van der Waals surface area contributed by atoms with E-state index in [1.807, 2.05) is 47.4 Å². The van der Waals surface area contributed by atoms with Gasteiger partial charge in [-0.25, -0.2) is 0 Å². The van der Waals surface area contributed by atoms with Crippen molar-refractivity contribution >= 4 is 47.4 Å². The van der Waals surface area contributed by atoms with Crippen LogP contribution in [0.2, 0.25) is 5.02 Å². The zero-order valence-electron chi connectivity index (χ0n) is 16.6. The fourth-order valence-corrected chi connectivity index (χ4v) is 3.60. The molecule has 1 aliphatic rings. The Balaban J connectivity index is 0.00000300. The van der Waals surface area contributed by atoms with Crippen LogP contribution in [0, 0.1) is 5.92 Å². The molecule has 1 heterocycles.